The van der Waals surface area contributed by atoms with Gasteiger partial charge in [0, 0.05) is 12.8 Å². The standard InChI is InChI=1S/C26H28O9S3/c1-18-4-10-22(11-5-18)36(27,28)33-21-16-25(34-37(29,30)23-12-6-19(2)7-13-23)26(17-21)35-38(31,32)24-14-8-20(3)9-15-24/h4-15,21,25-26H,16-17H2,1-3H3. The van der Waals surface area contributed by atoms with Gasteiger partial charge in [-0.2, -0.15) is 25.3 Å². The van der Waals surface area contributed by atoms with E-state index < -0.39 is 48.7 Å². The molecular formula is C26H28O9S3. The first-order valence-electron chi connectivity index (χ1n) is 11.7. The van der Waals surface area contributed by atoms with E-state index in [2.05, 4.69) is 0 Å². The average molecular weight is 581 g/mol. The second-order valence-electron chi connectivity index (χ2n) is 9.26. The van der Waals surface area contributed by atoms with Gasteiger partial charge in [0.1, 0.15) is 12.2 Å². The van der Waals surface area contributed by atoms with Crippen molar-refractivity contribution in [2.24, 2.45) is 0 Å². The van der Waals surface area contributed by atoms with Crippen molar-refractivity contribution in [3.8, 4) is 0 Å². The van der Waals surface area contributed by atoms with Gasteiger partial charge >= 0.3 is 0 Å². The Labute approximate surface area is 223 Å². The van der Waals surface area contributed by atoms with Crippen molar-refractivity contribution in [2.45, 2.75) is 66.6 Å². The molecule has 0 spiro atoms. The molecule has 38 heavy (non-hydrogen) atoms. The third-order valence-electron chi connectivity index (χ3n) is 6.10. The summed E-state index contributed by atoms with van der Waals surface area (Å²) < 4.78 is 93.8. The van der Waals surface area contributed by atoms with E-state index in [1.54, 1.807) is 57.2 Å². The maximum absolute atomic E-state index is 13.0. The molecular weight excluding hydrogens is 552 g/mol. The van der Waals surface area contributed by atoms with Crippen LogP contribution in [0.4, 0.5) is 0 Å². The quantitative estimate of drug-likeness (QED) is 0.344. The SMILES string of the molecule is Cc1ccc(S(=O)(=O)OC2CC(OS(=O)(=O)c3ccc(C)cc3)C(OS(=O)(=O)c3ccc(C)cc3)C2)cc1. The van der Waals surface area contributed by atoms with Gasteiger partial charge in [0.25, 0.3) is 30.4 Å². The van der Waals surface area contributed by atoms with Gasteiger partial charge in [-0.25, -0.2) is 0 Å². The minimum absolute atomic E-state index is 0.0792. The Morgan fingerprint density at radius 1 is 0.474 bits per heavy atom. The van der Waals surface area contributed by atoms with Crippen molar-refractivity contribution in [1.29, 1.82) is 0 Å². The molecule has 204 valence electrons. The first-order chi connectivity index (χ1) is 17.7. The van der Waals surface area contributed by atoms with E-state index in [1.165, 1.54) is 36.4 Å². The van der Waals surface area contributed by atoms with E-state index in [1.807, 2.05) is 0 Å². The van der Waals surface area contributed by atoms with Crippen LogP contribution in [0, 0.1) is 20.8 Å². The van der Waals surface area contributed by atoms with E-state index in [0.717, 1.165) is 16.7 Å². The molecule has 0 bridgehead atoms. The minimum Gasteiger partial charge on any atom is -0.263 e. The van der Waals surface area contributed by atoms with Crippen LogP contribution in [-0.4, -0.2) is 43.6 Å². The lowest BCUT2D eigenvalue weighted by atomic mass is 10.2. The van der Waals surface area contributed by atoms with E-state index in [9.17, 15) is 25.3 Å². The van der Waals surface area contributed by atoms with Gasteiger partial charge in [-0.15, -0.1) is 0 Å². The molecule has 0 heterocycles. The molecule has 1 saturated carbocycles. The van der Waals surface area contributed by atoms with Crippen molar-refractivity contribution < 1.29 is 37.8 Å². The van der Waals surface area contributed by atoms with Crippen molar-refractivity contribution in [3.63, 3.8) is 0 Å². The summed E-state index contributed by atoms with van der Waals surface area (Å²) in [5, 5.41) is 0. The monoisotopic (exact) mass is 580 g/mol. The zero-order valence-corrected chi connectivity index (χ0v) is 23.4. The molecule has 0 amide bonds. The Morgan fingerprint density at radius 3 is 1.03 bits per heavy atom. The summed E-state index contributed by atoms with van der Waals surface area (Å²) >= 11 is 0. The fourth-order valence-electron chi connectivity index (χ4n) is 3.99. The van der Waals surface area contributed by atoms with Crippen LogP contribution in [0.3, 0.4) is 0 Å². The van der Waals surface area contributed by atoms with Crippen LogP contribution in [0.25, 0.3) is 0 Å². The summed E-state index contributed by atoms with van der Waals surface area (Å²) in [5.41, 5.74) is 2.53. The molecule has 2 unspecified atom stereocenters. The largest absolute Gasteiger partial charge is 0.297 e. The lowest BCUT2D eigenvalue weighted by molar-refractivity contribution is 0.0871. The van der Waals surface area contributed by atoms with Crippen molar-refractivity contribution in [3.05, 3.63) is 89.5 Å². The van der Waals surface area contributed by atoms with Gasteiger partial charge in [-0.05, 0) is 57.2 Å². The second kappa shape index (κ2) is 10.9. The molecule has 9 nitrogen and oxygen atoms in total. The van der Waals surface area contributed by atoms with Crippen molar-refractivity contribution in [2.75, 3.05) is 0 Å². The molecule has 1 aliphatic rings. The van der Waals surface area contributed by atoms with Gasteiger partial charge in [0.15, 0.2) is 0 Å². The van der Waals surface area contributed by atoms with Crippen LogP contribution >= 0.6 is 0 Å². The summed E-state index contributed by atoms with van der Waals surface area (Å²) in [4.78, 5) is -0.329. The van der Waals surface area contributed by atoms with Crippen LogP contribution in [0.2, 0.25) is 0 Å². The highest BCUT2D eigenvalue weighted by atomic mass is 32.2. The van der Waals surface area contributed by atoms with Crippen LogP contribution in [0.5, 0.6) is 0 Å². The lowest BCUT2D eigenvalue weighted by Gasteiger charge is -2.19. The topological polar surface area (TPSA) is 130 Å². The minimum atomic E-state index is -4.32. The Bertz CT molecular complexity index is 1510. The maximum Gasteiger partial charge on any atom is 0.297 e. The normalized spacial score (nSPS) is 20.4. The Hall–Kier alpha value is -2.61. The molecule has 0 aliphatic heterocycles. The molecule has 3 aromatic carbocycles. The highest BCUT2D eigenvalue weighted by Crippen LogP contribution is 2.34. The summed E-state index contributed by atoms with van der Waals surface area (Å²) in [7, 11) is -12.9. The van der Waals surface area contributed by atoms with Crippen LogP contribution in [-0.2, 0) is 42.9 Å². The van der Waals surface area contributed by atoms with Crippen LogP contribution in [0.15, 0.2) is 87.5 Å². The molecule has 3 aromatic rings. The third kappa shape index (κ3) is 6.68. The average Bonchev–Trinajstić information content (AvgIpc) is 3.18. The highest BCUT2D eigenvalue weighted by molar-refractivity contribution is 7.87. The third-order valence-corrected chi connectivity index (χ3v) is 10.2. The summed E-state index contributed by atoms with van der Waals surface area (Å²) in [5.74, 6) is 0. The number of hydrogen-bond acceptors (Lipinski definition) is 9. The van der Waals surface area contributed by atoms with Gasteiger partial charge < -0.3 is 0 Å². The number of benzene rings is 3. The van der Waals surface area contributed by atoms with E-state index in [-0.39, 0.29) is 27.5 Å². The van der Waals surface area contributed by atoms with Crippen molar-refractivity contribution in [1.82, 2.24) is 0 Å². The molecule has 0 N–H and O–H groups in total. The summed E-state index contributed by atoms with van der Waals surface area (Å²) in [6.07, 6.45) is -4.19. The first-order valence-corrected chi connectivity index (χ1v) is 16.0. The molecule has 0 aromatic heterocycles. The molecule has 4 rings (SSSR count). The first kappa shape index (κ1) is 28.4. The van der Waals surface area contributed by atoms with Gasteiger partial charge in [0.05, 0.1) is 20.8 Å². The number of aryl methyl sites for hydroxylation is 3. The van der Waals surface area contributed by atoms with E-state index >= 15 is 0 Å². The maximum atomic E-state index is 13.0. The van der Waals surface area contributed by atoms with E-state index in [0.29, 0.717) is 0 Å². The Kier molecular flexibility index (Phi) is 8.12. The van der Waals surface area contributed by atoms with Gasteiger partial charge in [-0.3, -0.25) is 12.5 Å². The molecule has 0 radical (unpaired) electrons. The molecule has 1 aliphatic carbocycles. The molecule has 12 heteroatoms. The molecule has 0 saturated heterocycles. The number of rotatable bonds is 9. The Balaban J connectivity index is 1.60. The second-order valence-corrected chi connectivity index (χ2v) is 14.0. The smallest absolute Gasteiger partial charge is 0.263 e. The van der Waals surface area contributed by atoms with E-state index in [4.69, 9.17) is 12.5 Å². The fraction of sp³-hybridized carbons (Fsp3) is 0.308. The lowest BCUT2D eigenvalue weighted by Crippen LogP contribution is -2.30. The number of hydrogen-bond donors (Lipinski definition) is 0. The fourth-order valence-corrected chi connectivity index (χ4v) is 7.30. The van der Waals surface area contributed by atoms with Crippen LogP contribution in [0.1, 0.15) is 29.5 Å². The molecule has 1 fully saturated rings. The molecule has 2 atom stereocenters. The Morgan fingerprint density at radius 2 is 0.737 bits per heavy atom. The summed E-state index contributed by atoms with van der Waals surface area (Å²) in [6.45, 7) is 5.40. The van der Waals surface area contributed by atoms with Crippen molar-refractivity contribution >= 4 is 30.4 Å². The predicted molar refractivity (Wildman–Crippen MR) is 139 cm³/mol. The van der Waals surface area contributed by atoms with Gasteiger partial charge in [0.2, 0.25) is 0 Å². The summed E-state index contributed by atoms with van der Waals surface area (Å²) in [6, 6.07) is 17.9. The van der Waals surface area contributed by atoms with Gasteiger partial charge in [-0.1, -0.05) is 53.1 Å². The highest BCUT2D eigenvalue weighted by Gasteiger charge is 2.44. The zero-order valence-electron chi connectivity index (χ0n) is 21.0. The zero-order chi connectivity index (χ0) is 27.7. The van der Waals surface area contributed by atoms with Crippen LogP contribution < -0.4 is 0 Å². The predicted octanol–water partition coefficient (Wildman–Crippen LogP) is 4.03.